The van der Waals surface area contributed by atoms with Crippen molar-refractivity contribution in [3.05, 3.63) is 42.2 Å². The maximum atomic E-state index is 12.2. The molecule has 1 aliphatic carbocycles. The van der Waals surface area contributed by atoms with E-state index < -0.39 is 0 Å². The molecule has 1 heterocycles. The molecule has 2 nitrogen and oxygen atoms in total. The van der Waals surface area contributed by atoms with Gasteiger partial charge in [-0.15, -0.1) is 0 Å². The van der Waals surface area contributed by atoms with Crippen molar-refractivity contribution in [3.63, 3.8) is 0 Å². The van der Waals surface area contributed by atoms with Crippen molar-refractivity contribution < 1.29 is 4.79 Å². The number of nitrogens with zero attached hydrogens (tertiary/aromatic N) is 1. The molecular formula is C15H15NO. The molecule has 0 atom stereocenters. The lowest BCUT2D eigenvalue weighted by Gasteiger charge is -2.24. The van der Waals surface area contributed by atoms with E-state index in [9.17, 15) is 4.79 Å². The van der Waals surface area contributed by atoms with Crippen LogP contribution in [0.5, 0.6) is 0 Å². The number of hydrogen-bond acceptors (Lipinski definition) is 2. The molecule has 0 amide bonds. The summed E-state index contributed by atoms with van der Waals surface area (Å²) < 4.78 is 0. The molecule has 1 aromatic carbocycles. The molecule has 3 rings (SSSR count). The van der Waals surface area contributed by atoms with Gasteiger partial charge >= 0.3 is 0 Å². The van der Waals surface area contributed by atoms with Gasteiger partial charge in [0.15, 0.2) is 5.78 Å². The Morgan fingerprint density at radius 3 is 2.94 bits per heavy atom. The molecule has 17 heavy (non-hydrogen) atoms. The van der Waals surface area contributed by atoms with Crippen LogP contribution in [0.1, 0.15) is 36.0 Å². The van der Waals surface area contributed by atoms with Crippen LogP contribution >= 0.6 is 0 Å². The van der Waals surface area contributed by atoms with Gasteiger partial charge in [0.05, 0.1) is 0 Å². The van der Waals surface area contributed by atoms with E-state index >= 15 is 0 Å². The summed E-state index contributed by atoms with van der Waals surface area (Å²) in [6.07, 6.45) is 8.01. The molecule has 0 radical (unpaired) electrons. The molecule has 1 aromatic heterocycles. The lowest BCUT2D eigenvalue weighted by Crippen LogP contribution is -2.16. The first-order valence-electron chi connectivity index (χ1n) is 6.20. The van der Waals surface area contributed by atoms with Gasteiger partial charge in [0.1, 0.15) is 0 Å². The highest BCUT2D eigenvalue weighted by Crippen LogP contribution is 2.31. The highest BCUT2D eigenvalue weighted by molar-refractivity contribution is 6.07. The summed E-state index contributed by atoms with van der Waals surface area (Å²) in [6.45, 7) is 0. The number of benzene rings is 1. The first kappa shape index (κ1) is 10.5. The zero-order valence-corrected chi connectivity index (χ0v) is 9.73. The highest BCUT2D eigenvalue weighted by atomic mass is 16.1. The third kappa shape index (κ3) is 1.95. The third-order valence-electron chi connectivity index (χ3n) is 3.68. The van der Waals surface area contributed by atoms with E-state index in [1.165, 1.54) is 19.3 Å². The Hall–Kier alpha value is -1.70. The Balaban J connectivity index is 1.95. The van der Waals surface area contributed by atoms with Gasteiger partial charge in [-0.05, 0) is 17.4 Å². The van der Waals surface area contributed by atoms with Crippen LogP contribution in [0.4, 0.5) is 0 Å². The number of pyridine rings is 1. The number of hydrogen-bond donors (Lipinski definition) is 0. The summed E-state index contributed by atoms with van der Waals surface area (Å²) in [5.41, 5.74) is 0.858. The molecule has 0 bridgehead atoms. The number of ketones is 1. The van der Waals surface area contributed by atoms with E-state index in [0.29, 0.717) is 12.3 Å². The summed E-state index contributed by atoms with van der Waals surface area (Å²) in [5.74, 6) is 0.908. The molecule has 0 N–H and O–H groups in total. The lowest BCUT2D eigenvalue weighted by molar-refractivity contribution is 0.0938. The fourth-order valence-corrected chi connectivity index (χ4v) is 2.43. The van der Waals surface area contributed by atoms with Crippen LogP contribution in [0.15, 0.2) is 36.7 Å². The van der Waals surface area contributed by atoms with Crippen molar-refractivity contribution in [2.45, 2.75) is 25.7 Å². The second-order valence-electron chi connectivity index (χ2n) is 4.83. The molecule has 2 aromatic rings. The first-order valence-corrected chi connectivity index (χ1v) is 6.20. The summed E-state index contributed by atoms with van der Waals surface area (Å²) in [7, 11) is 0. The smallest absolute Gasteiger partial charge is 0.163 e. The lowest BCUT2D eigenvalue weighted by atomic mass is 9.80. The van der Waals surface area contributed by atoms with Crippen molar-refractivity contribution >= 4 is 16.6 Å². The maximum Gasteiger partial charge on any atom is 0.163 e. The Bertz CT molecular complexity index is 552. The number of Topliss-reactive ketones (excluding diaryl/α,β-unsaturated/α-hetero) is 1. The van der Waals surface area contributed by atoms with Gasteiger partial charge in [-0.3, -0.25) is 9.78 Å². The second-order valence-corrected chi connectivity index (χ2v) is 4.83. The molecule has 1 fully saturated rings. The van der Waals surface area contributed by atoms with Crippen molar-refractivity contribution in [2.24, 2.45) is 5.92 Å². The Morgan fingerprint density at radius 2 is 2.18 bits per heavy atom. The molecule has 1 saturated carbocycles. The van der Waals surface area contributed by atoms with Crippen LogP contribution in [0.3, 0.4) is 0 Å². The Labute approximate surface area is 101 Å². The molecule has 1 aliphatic rings. The van der Waals surface area contributed by atoms with Gasteiger partial charge in [-0.1, -0.05) is 37.5 Å². The molecule has 0 spiro atoms. The molecule has 0 saturated heterocycles. The summed E-state index contributed by atoms with van der Waals surface area (Å²) in [6, 6.07) is 7.81. The Morgan fingerprint density at radius 1 is 1.29 bits per heavy atom. The van der Waals surface area contributed by atoms with E-state index in [-0.39, 0.29) is 5.78 Å². The minimum absolute atomic E-state index is 0.284. The van der Waals surface area contributed by atoms with Crippen LogP contribution in [0, 0.1) is 5.92 Å². The van der Waals surface area contributed by atoms with Crippen molar-refractivity contribution in [2.75, 3.05) is 0 Å². The molecule has 0 aliphatic heterocycles. The number of carbonyl (C=O) groups excluding carboxylic acids is 1. The van der Waals surface area contributed by atoms with Gasteiger partial charge in [0, 0.05) is 29.8 Å². The monoisotopic (exact) mass is 225 g/mol. The number of fused-ring (bicyclic) bond motifs is 1. The van der Waals surface area contributed by atoms with E-state index in [1.54, 1.807) is 6.20 Å². The standard InChI is InChI=1S/C15H15NO/c17-15(9-11-3-1-4-11)14-6-2-5-12-10-16-8-7-13(12)14/h2,5-8,10-11H,1,3-4,9H2. The van der Waals surface area contributed by atoms with Crippen molar-refractivity contribution in [1.29, 1.82) is 0 Å². The predicted octanol–water partition coefficient (Wildman–Crippen LogP) is 3.61. The van der Waals surface area contributed by atoms with Crippen LogP contribution in [-0.2, 0) is 0 Å². The minimum atomic E-state index is 0.284. The average molecular weight is 225 g/mol. The summed E-state index contributed by atoms with van der Waals surface area (Å²) in [5, 5.41) is 2.08. The zero-order chi connectivity index (χ0) is 11.7. The van der Waals surface area contributed by atoms with Gasteiger partial charge in [-0.2, -0.15) is 0 Å². The van der Waals surface area contributed by atoms with Crippen LogP contribution in [-0.4, -0.2) is 10.8 Å². The van der Waals surface area contributed by atoms with Gasteiger partial charge in [0.25, 0.3) is 0 Å². The number of carbonyl (C=O) groups is 1. The van der Waals surface area contributed by atoms with Gasteiger partial charge < -0.3 is 0 Å². The van der Waals surface area contributed by atoms with Crippen LogP contribution in [0.2, 0.25) is 0 Å². The fraction of sp³-hybridized carbons (Fsp3) is 0.333. The topological polar surface area (TPSA) is 30.0 Å². The van der Waals surface area contributed by atoms with E-state index in [0.717, 1.165) is 16.3 Å². The summed E-state index contributed by atoms with van der Waals surface area (Å²) in [4.78, 5) is 16.3. The first-order chi connectivity index (χ1) is 8.34. The van der Waals surface area contributed by atoms with Crippen molar-refractivity contribution in [3.8, 4) is 0 Å². The highest BCUT2D eigenvalue weighted by Gasteiger charge is 2.22. The molecule has 0 unspecified atom stereocenters. The second kappa shape index (κ2) is 4.28. The largest absolute Gasteiger partial charge is 0.294 e. The quantitative estimate of drug-likeness (QED) is 0.747. The van der Waals surface area contributed by atoms with Gasteiger partial charge in [0.2, 0.25) is 0 Å². The van der Waals surface area contributed by atoms with Crippen LogP contribution < -0.4 is 0 Å². The third-order valence-corrected chi connectivity index (χ3v) is 3.68. The van der Waals surface area contributed by atoms with E-state index in [1.807, 2.05) is 30.5 Å². The molecule has 86 valence electrons. The van der Waals surface area contributed by atoms with Crippen molar-refractivity contribution in [1.82, 2.24) is 4.98 Å². The number of aromatic nitrogens is 1. The maximum absolute atomic E-state index is 12.2. The zero-order valence-electron chi connectivity index (χ0n) is 9.73. The SMILES string of the molecule is O=C(CC1CCC1)c1cccc2cnccc12. The van der Waals surface area contributed by atoms with E-state index in [4.69, 9.17) is 0 Å². The molecular weight excluding hydrogens is 210 g/mol. The molecule has 2 heteroatoms. The van der Waals surface area contributed by atoms with Crippen LogP contribution in [0.25, 0.3) is 10.8 Å². The average Bonchev–Trinajstić information content (AvgIpc) is 2.33. The number of rotatable bonds is 3. The normalized spacial score (nSPS) is 15.8. The minimum Gasteiger partial charge on any atom is -0.294 e. The predicted molar refractivity (Wildman–Crippen MR) is 68.0 cm³/mol. The van der Waals surface area contributed by atoms with Gasteiger partial charge in [-0.25, -0.2) is 0 Å². The van der Waals surface area contributed by atoms with E-state index in [2.05, 4.69) is 4.98 Å². The Kier molecular flexibility index (Phi) is 2.63. The summed E-state index contributed by atoms with van der Waals surface area (Å²) >= 11 is 0. The fourth-order valence-electron chi connectivity index (χ4n) is 2.43.